The van der Waals surface area contributed by atoms with Crippen molar-refractivity contribution in [2.75, 3.05) is 12.4 Å². The van der Waals surface area contributed by atoms with Crippen molar-refractivity contribution in [2.24, 2.45) is 0 Å². The lowest BCUT2D eigenvalue weighted by Crippen LogP contribution is -1.96. The van der Waals surface area contributed by atoms with Gasteiger partial charge in [-0.15, -0.1) is 0 Å². The molecule has 0 bridgehead atoms. The van der Waals surface area contributed by atoms with Gasteiger partial charge in [-0.05, 0) is 42.8 Å². The Morgan fingerprint density at radius 3 is 2.67 bits per heavy atom. The van der Waals surface area contributed by atoms with Gasteiger partial charge in [0.2, 0.25) is 0 Å². The van der Waals surface area contributed by atoms with E-state index in [9.17, 15) is 0 Å². The number of nitriles is 1. The molecule has 0 aliphatic rings. The number of benzene rings is 1. The minimum Gasteiger partial charge on any atom is -0.497 e. The van der Waals surface area contributed by atoms with Gasteiger partial charge in [0.25, 0.3) is 0 Å². The normalized spacial score (nSPS) is 9.61. The molecule has 0 spiro atoms. The Balaban J connectivity index is 2.20. The van der Waals surface area contributed by atoms with E-state index in [1.165, 1.54) is 0 Å². The quantitative estimate of drug-likeness (QED) is 0.894. The van der Waals surface area contributed by atoms with Crippen LogP contribution >= 0.6 is 0 Å². The van der Waals surface area contributed by atoms with E-state index in [-0.39, 0.29) is 0 Å². The fourth-order valence-electron chi connectivity index (χ4n) is 1.58. The second-order valence-electron chi connectivity index (χ2n) is 3.85. The van der Waals surface area contributed by atoms with Gasteiger partial charge in [0.1, 0.15) is 17.6 Å². The van der Waals surface area contributed by atoms with Crippen molar-refractivity contribution in [1.29, 1.82) is 5.26 Å². The summed E-state index contributed by atoms with van der Waals surface area (Å²) < 4.78 is 5.15. The number of hydrogen-bond acceptors (Lipinski definition) is 4. The number of methoxy groups -OCH3 is 1. The van der Waals surface area contributed by atoms with E-state index in [2.05, 4.69) is 10.3 Å². The van der Waals surface area contributed by atoms with E-state index in [4.69, 9.17) is 10.00 Å². The van der Waals surface area contributed by atoms with E-state index in [1.807, 2.05) is 31.2 Å². The standard InChI is InChI=1S/C14H13N3O/c1-10-7-12(18-2)4-5-13(10)17-14-6-3-11(8-15)9-16-14/h3-7,9H,1-2H3,(H,16,17). The number of rotatable bonds is 3. The topological polar surface area (TPSA) is 57.9 Å². The molecular formula is C14H13N3O. The minimum absolute atomic E-state index is 0.548. The lowest BCUT2D eigenvalue weighted by molar-refractivity contribution is 0.414. The molecule has 1 heterocycles. The Kier molecular flexibility index (Phi) is 3.44. The first-order valence-corrected chi connectivity index (χ1v) is 5.51. The van der Waals surface area contributed by atoms with Crippen LogP contribution in [-0.2, 0) is 0 Å². The van der Waals surface area contributed by atoms with Gasteiger partial charge in [-0.3, -0.25) is 0 Å². The second kappa shape index (κ2) is 5.19. The summed E-state index contributed by atoms with van der Waals surface area (Å²) in [5.74, 6) is 1.54. The molecule has 1 aromatic heterocycles. The first kappa shape index (κ1) is 11.9. The fraction of sp³-hybridized carbons (Fsp3) is 0.143. The molecule has 1 N–H and O–H groups in total. The molecule has 0 unspecified atom stereocenters. The van der Waals surface area contributed by atoms with E-state index < -0.39 is 0 Å². The number of pyridine rings is 1. The zero-order chi connectivity index (χ0) is 13.0. The van der Waals surface area contributed by atoms with Crippen LogP contribution in [0.25, 0.3) is 0 Å². The maximum atomic E-state index is 8.70. The van der Waals surface area contributed by atoms with Gasteiger partial charge >= 0.3 is 0 Å². The van der Waals surface area contributed by atoms with Crippen molar-refractivity contribution in [2.45, 2.75) is 6.92 Å². The molecule has 90 valence electrons. The summed E-state index contributed by atoms with van der Waals surface area (Å²) in [6.45, 7) is 1.99. The van der Waals surface area contributed by atoms with Crippen molar-refractivity contribution >= 4 is 11.5 Å². The second-order valence-corrected chi connectivity index (χ2v) is 3.85. The number of nitrogens with one attached hydrogen (secondary N) is 1. The number of anilines is 2. The maximum absolute atomic E-state index is 8.70. The molecule has 0 saturated carbocycles. The lowest BCUT2D eigenvalue weighted by atomic mass is 10.2. The summed E-state index contributed by atoms with van der Waals surface area (Å²) in [5.41, 5.74) is 2.58. The van der Waals surface area contributed by atoms with Gasteiger partial charge in [0.15, 0.2) is 0 Å². The monoisotopic (exact) mass is 239 g/mol. The van der Waals surface area contributed by atoms with Crippen molar-refractivity contribution in [3.8, 4) is 11.8 Å². The number of ether oxygens (including phenoxy) is 1. The first-order valence-electron chi connectivity index (χ1n) is 5.51. The fourth-order valence-corrected chi connectivity index (χ4v) is 1.58. The highest BCUT2D eigenvalue weighted by molar-refractivity contribution is 5.61. The predicted octanol–water partition coefficient (Wildman–Crippen LogP) is 3.01. The molecule has 4 nitrogen and oxygen atoms in total. The third-order valence-electron chi connectivity index (χ3n) is 2.59. The Morgan fingerprint density at radius 1 is 1.28 bits per heavy atom. The van der Waals surface area contributed by atoms with E-state index in [0.717, 1.165) is 17.0 Å². The van der Waals surface area contributed by atoms with Gasteiger partial charge in [-0.1, -0.05) is 0 Å². The van der Waals surface area contributed by atoms with Crippen molar-refractivity contribution in [3.05, 3.63) is 47.7 Å². The van der Waals surface area contributed by atoms with Crippen LogP contribution in [0, 0.1) is 18.3 Å². The molecule has 0 saturated heterocycles. The highest BCUT2D eigenvalue weighted by Gasteiger charge is 2.02. The summed E-state index contributed by atoms with van der Waals surface area (Å²) >= 11 is 0. The van der Waals surface area contributed by atoms with Crippen LogP contribution in [0.2, 0.25) is 0 Å². The summed E-state index contributed by atoms with van der Waals surface area (Å²) in [7, 11) is 1.64. The van der Waals surface area contributed by atoms with Gasteiger partial charge < -0.3 is 10.1 Å². The van der Waals surface area contributed by atoms with Gasteiger partial charge in [0, 0.05) is 11.9 Å². The highest BCUT2D eigenvalue weighted by Crippen LogP contribution is 2.23. The van der Waals surface area contributed by atoms with Crippen LogP contribution in [-0.4, -0.2) is 12.1 Å². The van der Waals surface area contributed by atoms with Crippen LogP contribution in [0.15, 0.2) is 36.5 Å². The summed E-state index contributed by atoms with van der Waals surface area (Å²) in [4.78, 5) is 4.16. The Morgan fingerprint density at radius 2 is 2.11 bits per heavy atom. The minimum atomic E-state index is 0.548. The van der Waals surface area contributed by atoms with E-state index >= 15 is 0 Å². The molecule has 0 fully saturated rings. The number of hydrogen-bond donors (Lipinski definition) is 1. The molecule has 0 amide bonds. The first-order chi connectivity index (χ1) is 8.72. The zero-order valence-corrected chi connectivity index (χ0v) is 10.3. The molecule has 0 radical (unpaired) electrons. The Bertz CT molecular complexity index is 585. The average molecular weight is 239 g/mol. The molecule has 2 aromatic rings. The van der Waals surface area contributed by atoms with E-state index in [0.29, 0.717) is 11.4 Å². The molecule has 0 aliphatic heterocycles. The van der Waals surface area contributed by atoms with Crippen molar-refractivity contribution in [1.82, 2.24) is 4.98 Å². The molecule has 18 heavy (non-hydrogen) atoms. The molecule has 0 atom stereocenters. The number of aryl methyl sites for hydroxylation is 1. The average Bonchev–Trinajstić information content (AvgIpc) is 2.42. The van der Waals surface area contributed by atoms with Crippen LogP contribution < -0.4 is 10.1 Å². The third kappa shape index (κ3) is 2.58. The zero-order valence-electron chi connectivity index (χ0n) is 10.3. The largest absolute Gasteiger partial charge is 0.497 e. The van der Waals surface area contributed by atoms with E-state index in [1.54, 1.807) is 25.4 Å². The van der Waals surface area contributed by atoms with Crippen LogP contribution in [0.4, 0.5) is 11.5 Å². The highest BCUT2D eigenvalue weighted by atomic mass is 16.5. The molecule has 1 aromatic carbocycles. The van der Waals surface area contributed by atoms with Crippen LogP contribution in [0.3, 0.4) is 0 Å². The molecule has 4 heteroatoms. The molecule has 2 rings (SSSR count). The van der Waals surface area contributed by atoms with Crippen molar-refractivity contribution in [3.63, 3.8) is 0 Å². The van der Waals surface area contributed by atoms with Crippen LogP contribution in [0.1, 0.15) is 11.1 Å². The SMILES string of the molecule is COc1ccc(Nc2ccc(C#N)cn2)c(C)c1. The number of nitrogens with zero attached hydrogens (tertiary/aromatic N) is 2. The molecular weight excluding hydrogens is 226 g/mol. The van der Waals surface area contributed by atoms with Gasteiger partial charge in [-0.2, -0.15) is 5.26 Å². The number of aromatic nitrogens is 1. The summed E-state index contributed by atoms with van der Waals surface area (Å²) in [5, 5.41) is 11.9. The maximum Gasteiger partial charge on any atom is 0.130 e. The third-order valence-corrected chi connectivity index (χ3v) is 2.59. The Labute approximate surface area is 106 Å². The predicted molar refractivity (Wildman–Crippen MR) is 70.0 cm³/mol. The van der Waals surface area contributed by atoms with Gasteiger partial charge in [0.05, 0.1) is 12.7 Å². The van der Waals surface area contributed by atoms with Gasteiger partial charge in [-0.25, -0.2) is 4.98 Å². The van der Waals surface area contributed by atoms with Crippen molar-refractivity contribution < 1.29 is 4.74 Å². The summed E-state index contributed by atoms with van der Waals surface area (Å²) in [6, 6.07) is 11.3. The smallest absolute Gasteiger partial charge is 0.130 e. The lowest BCUT2D eigenvalue weighted by Gasteiger charge is -2.10. The summed E-state index contributed by atoms with van der Waals surface area (Å²) in [6.07, 6.45) is 1.54. The van der Waals surface area contributed by atoms with Crippen LogP contribution in [0.5, 0.6) is 5.75 Å². The Hall–Kier alpha value is -2.54. The molecule has 0 aliphatic carbocycles.